The van der Waals surface area contributed by atoms with E-state index in [0.29, 0.717) is 5.75 Å². The van der Waals surface area contributed by atoms with Crippen molar-refractivity contribution in [2.45, 2.75) is 25.9 Å². The average molecular weight is 374 g/mol. The van der Waals surface area contributed by atoms with Crippen LogP contribution < -0.4 is 44.8 Å². The van der Waals surface area contributed by atoms with E-state index in [4.69, 9.17) is 9.15 Å². The number of aliphatic hydroxyl groups is 1. The number of carboxylic acid groups (broad SMARTS) is 1. The van der Waals surface area contributed by atoms with Crippen molar-refractivity contribution in [3.8, 4) is 5.75 Å². The minimum atomic E-state index is -1.56. The fraction of sp³-hybridized carbons (Fsp3) is 0.412. The Kier molecular flexibility index (Phi) is 9.60. The van der Waals surface area contributed by atoms with Crippen LogP contribution in [0.15, 0.2) is 33.5 Å². The van der Waals surface area contributed by atoms with Gasteiger partial charge < -0.3 is 24.2 Å². The van der Waals surface area contributed by atoms with Crippen molar-refractivity contribution in [2.24, 2.45) is 0 Å². The minimum Gasteiger partial charge on any atom is -0.542 e. The summed E-state index contributed by atoms with van der Waals surface area (Å²) >= 11 is 1.65. The number of ether oxygens (including phenoxy) is 1. The third-order valence-electron chi connectivity index (χ3n) is 3.30. The molecule has 2 rings (SSSR count). The van der Waals surface area contributed by atoms with Gasteiger partial charge in [0.05, 0.1) is 6.10 Å². The van der Waals surface area contributed by atoms with Crippen LogP contribution in [0.1, 0.15) is 30.3 Å². The molecule has 0 saturated heterocycles. The van der Waals surface area contributed by atoms with Crippen molar-refractivity contribution < 1.29 is 53.7 Å². The molecule has 2 aromatic rings. The van der Waals surface area contributed by atoms with Gasteiger partial charge in [-0.25, -0.2) is 0 Å². The van der Waals surface area contributed by atoms with Crippen LogP contribution in [0.25, 0.3) is 11.0 Å². The zero-order valence-electron chi connectivity index (χ0n) is 14.3. The zero-order valence-corrected chi connectivity index (χ0v) is 17.1. The molecule has 1 aromatic heterocycles. The van der Waals surface area contributed by atoms with Gasteiger partial charge in [0.25, 0.3) is 0 Å². The summed E-state index contributed by atoms with van der Waals surface area (Å²) in [6.07, 6.45) is 1.56. The van der Waals surface area contributed by atoms with Crippen molar-refractivity contribution in [1.29, 1.82) is 0 Å². The molecule has 130 valence electrons. The largest absolute Gasteiger partial charge is 1.00 e. The van der Waals surface area contributed by atoms with E-state index in [0.717, 1.165) is 24.7 Å². The second-order valence-corrected chi connectivity index (χ2v) is 6.43. The second-order valence-electron chi connectivity index (χ2n) is 5.28. The third-order valence-corrected chi connectivity index (χ3v) is 4.50. The number of hydrogen-bond acceptors (Lipinski definition) is 7. The fourth-order valence-electron chi connectivity index (χ4n) is 2.10. The SMILES string of the molecule is CCCCSCC(O)COc1cccc2oc(C(=O)[O-])cc(=O)c12.[Na+]. The maximum absolute atomic E-state index is 12.1. The van der Waals surface area contributed by atoms with Crippen LogP contribution in [0.4, 0.5) is 0 Å². The molecule has 1 atom stereocenters. The Morgan fingerprint density at radius 3 is 2.88 bits per heavy atom. The van der Waals surface area contributed by atoms with Crippen molar-refractivity contribution >= 4 is 28.7 Å². The van der Waals surface area contributed by atoms with Crippen molar-refractivity contribution in [3.63, 3.8) is 0 Å². The Bertz CT molecular complexity index is 760. The van der Waals surface area contributed by atoms with Crippen LogP contribution in [-0.2, 0) is 0 Å². The second kappa shape index (κ2) is 10.9. The summed E-state index contributed by atoms with van der Waals surface area (Å²) in [4.78, 5) is 22.9. The predicted molar refractivity (Wildman–Crippen MR) is 90.5 cm³/mol. The predicted octanol–water partition coefficient (Wildman–Crippen LogP) is -1.57. The molecule has 0 fully saturated rings. The first-order valence-electron chi connectivity index (χ1n) is 7.69. The summed E-state index contributed by atoms with van der Waals surface area (Å²) in [6.45, 7) is 2.15. The van der Waals surface area contributed by atoms with E-state index in [9.17, 15) is 19.8 Å². The molecule has 1 heterocycles. The van der Waals surface area contributed by atoms with Crippen LogP contribution in [0.5, 0.6) is 5.75 Å². The maximum atomic E-state index is 12.1. The molecule has 0 aliphatic heterocycles. The molecular formula is C17H19NaO6S. The number of aromatic carboxylic acids is 1. The van der Waals surface area contributed by atoms with Crippen molar-refractivity contribution in [1.82, 2.24) is 0 Å². The number of thioether (sulfide) groups is 1. The van der Waals surface area contributed by atoms with Gasteiger partial charge in [-0.05, 0) is 24.3 Å². The van der Waals surface area contributed by atoms with E-state index in [1.807, 2.05) is 0 Å². The fourth-order valence-corrected chi connectivity index (χ4v) is 3.13. The number of carboxylic acids is 1. The monoisotopic (exact) mass is 374 g/mol. The number of carbonyl (C=O) groups excluding carboxylic acids is 1. The van der Waals surface area contributed by atoms with Gasteiger partial charge in [-0.3, -0.25) is 4.79 Å². The summed E-state index contributed by atoms with van der Waals surface area (Å²) < 4.78 is 10.7. The van der Waals surface area contributed by atoms with Gasteiger partial charge in [0.1, 0.15) is 29.3 Å². The summed E-state index contributed by atoms with van der Waals surface area (Å²) in [5.41, 5.74) is -0.427. The summed E-state index contributed by atoms with van der Waals surface area (Å²) in [5.74, 6) is -0.299. The number of unbranched alkanes of at least 4 members (excludes halogenated alkanes) is 1. The smallest absolute Gasteiger partial charge is 0.542 e. The number of hydrogen-bond donors (Lipinski definition) is 1. The average Bonchev–Trinajstić information content (AvgIpc) is 2.56. The third kappa shape index (κ3) is 6.34. The molecule has 1 N–H and O–H groups in total. The van der Waals surface area contributed by atoms with Gasteiger partial charge in [0.2, 0.25) is 0 Å². The first kappa shape index (κ1) is 22.1. The first-order chi connectivity index (χ1) is 11.5. The van der Waals surface area contributed by atoms with Crippen LogP contribution in [-0.4, -0.2) is 35.3 Å². The molecule has 0 aliphatic rings. The molecular weight excluding hydrogens is 355 g/mol. The molecule has 6 nitrogen and oxygen atoms in total. The number of fused-ring (bicyclic) bond motifs is 1. The van der Waals surface area contributed by atoms with E-state index < -0.39 is 23.3 Å². The van der Waals surface area contributed by atoms with Crippen molar-refractivity contribution in [3.05, 3.63) is 40.2 Å². The van der Waals surface area contributed by atoms with Gasteiger partial charge >= 0.3 is 29.6 Å². The quantitative estimate of drug-likeness (QED) is 0.418. The van der Waals surface area contributed by atoms with Crippen LogP contribution in [0, 0.1) is 0 Å². The van der Waals surface area contributed by atoms with Crippen LogP contribution in [0.2, 0.25) is 0 Å². The van der Waals surface area contributed by atoms with E-state index in [1.54, 1.807) is 23.9 Å². The van der Waals surface area contributed by atoms with Gasteiger partial charge in [-0.2, -0.15) is 11.8 Å². The summed E-state index contributed by atoms with van der Waals surface area (Å²) in [5, 5.41) is 20.9. The molecule has 0 bridgehead atoms. The Morgan fingerprint density at radius 1 is 1.44 bits per heavy atom. The number of aliphatic hydroxyl groups excluding tert-OH is 1. The summed E-state index contributed by atoms with van der Waals surface area (Å²) in [7, 11) is 0. The van der Waals surface area contributed by atoms with Gasteiger partial charge in [0.15, 0.2) is 11.2 Å². The maximum Gasteiger partial charge on any atom is 1.00 e. The minimum absolute atomic E-state index is 0. The van der Waals surface area contributed by atoms with E-state index in [-0.39, 0.29) is 52.9 Å². The Hall–Kier alpha value is -0.990. The van der Waals surface area contributed by atoms with Crippen LogP contribution in [0.3, 0.4) is 0 Å². The standard InChI is InChI=1S/C17H20O6S.Na/c1-2-3-7-24-10-11(18)9-22-13-5-4-6-14-16(13)12(19)8-15(23-14)17(20)21;/h4-6,8,11,18H,2-3,7,9-10H2,1H3,(H,20,21);/q;+1/p-1. The van der Waals surface area contributed by atoms with Gasteiger partial charge in [-0.1, -0.05) is 19.4 Å². The Morgan fingerprint density at radius 2 is 2.20 bits per heavy atom. The molecule has 8 heteroatoms. The van der Waals surface area contributed by atoms with E-state index in [1.165, 1.54) is 6.07 Å². The molecule has 0 aliphatic carbocycles. The Balaban J connectivity index is 0.00000312. The van der Waals surface area contributed by atoms with Crippen LogP contribution >= 0.6 is 11.8 Å². The molecule has 0 spiro atoms. The molecule has 25 heavy (non-hydrogen) atoms. The molecule has 1 aromatic carbocycles. The molecule has 0 radical (unpaired) electrons. The first-order valence-corrected chi connectivity index (χ1v) is 8.85. The molecule has 0 saturated carbocycles. The number of benzene rings is 1. The van der Waals surface area contributed by atoms with E-state index >= 15 is 0 Å². The van der Waals surface area contributed by atoms with Gasteiger partial charge in [-0.15, -0.1) is 0 Å². The number of carbonyl (C=O) groups is 1. The Labute approximate surface area is 171 Å². The topological polar surface area (TPSA) is 99.8 Å². The van der Waals surface area contributed by atoms with E-state index in [2.05, 4.69) is 6.92 Å². The molecule has 0 amide bonds. The zero-order chi connectivity index (χ0) is 17.5. The van der Waals surface area contributed by atoms with Gasteiger partial charge in [0, 0.05) is 11.8 Å². The normalized spacial score (nSPS) is 11.8. The summed E-state index contributed by atoms with van der Waals surface area (Å²) in [6, 6.07) is 5.51. The molecule has 1 unspecified atom stereocenters. The number of rotatable bonds is 9. The van der Waals surface area contributed by atoms with Crippen molar-refractivity contribution in [2.75, 3.05) is 18.1 Å².